The molecule has 2 aliphatic rings. The fourth-order valence-corrected chi connectivity index (χ4v) is 2.27. The van der Waals surface area contributed by atoms with Crippen LogP contribution >= 0.6 is 0 Å². The molecule has 2 unspecified atom stereocenters. The van der Waals surface area contributed by atoms with Crippen LogP contribution in [0.2, 0.25) is 0 Å². The second-order valence-corrected chi connectivity index (χ2v) is 4.54. The largest absolute Gasteiger partial charge is 0.481 e. The van der Waals surface area contributed by atoms with Crippen LogP contribution in [-0.4, -0.2) is 35.6 Å². The second kappa shape index (κ2) is 3.29. The van der Waals surface area contributed by atoms with E-state index in [9.17, 15) is 4.79 Å². The van der Waals surface area contributed by atoms with Crippen molar-refractivity contribution >= 4 is 5.97 Å². The quantitative estimate of drug-likeness (QED) is 0.714. The van der Waals surface area contributed by atoms with E-state index in [-0.39, 0.29) is 5.92 Å². The van der Waals surface area contributed by atoms with Gasteiger partial charge in [-0.2, -0.15) is 0 Å². The zero-order valence-electron chi connectivity index (χ0n) is 8.07. The Morgan fingerprint density at radius 2 is 2.23 bits per heavy atom. The molecule has 1 N–H and O–H groups in total. The predicted molar refractivity (Wildman–Crippen MR) is 49.5 cm³/mol. The molecule has 2 fully saturated rings. The molecule has 3 nitrogen and oxygen atoms in total. The molecule has 0 aromatic heterocycles. The maximum Gasteiger partial charge on any atom is 0.307 e. The van der Waals surface area contributed by atoms with Crippen LogP contribution in [0.4, 0.5) is 0 Å². The summed E-state index contributed by atoms with van der Waals surface area (Å²) in [7, 11) is 2.05. The van der Waals surface area contributed by atoms with Crippen molar-refractivity contribution in [2.24, 2.45) is 11.8 Å². The summed E-state index contributed by atoms with van der Waals surface area (Å²) >= 11 is 0. The molecule has 1 saturated heterocycles. The van der Waals surface area contributed by atoms with Gasteiger partial charge in [0.05, 0.1) is 5.92 Å². The van der Waals surface area contributed by atoms with Gasteiger partial charge in [-0.15, -0.1) is 0 Å². The lowest BCUT2D eigenvalue weighted by Gasteiger charge is -2.18. The molecule has 2 atom stereocenters. The Morgan fingerprint density at radius 3 is 2.69 bits per heavy atom. The average molecular weight is 183 g/mol. The Hall–Kier alpha value is -0.570. The minimum Gasteiger partial charge on any atom is -0.481 e. The summed E-state index contributed by atoms with van der Waals surface area (Å²) in [6.07, 6.45) is 4.81. The molecule has 0 aromatic rings. The van der Waals surface area contributed by atoms with Gasteiger partial charge >= 0.3 is 5.97 Å². The van der Waals surface area contributed by atoms with Crippen molar-refractivity contribution in [3.63, 3.8) is 0 Å². The smallest absolute Gasteiger partial charge is 0.307 e. The second-order valence-electron chi connectivity index (χ2n) is 4.54. The van der Waals surface area contributed by atoms with Crippen LogP contribution in [0.5, 0.6) is 0 Å². The molecule has 1 saturated carbocycles. The fraction of sp³-hybridized carbons (Fsp3) is 0.900. The van der Waals surface area contributed by atoms with Crippen molar-refractivity contribution < 1.29 is 9.90 Å². The van der Waals surface area contributed by atoms with Gasteiger partial charge in [-0.05, 0) is 25.8 Å². The van der Waals surface area contributed by atoms with Gasteiger partial charge in [0.1, 0.15) is 0 Å². The summed E-state index contributed by atoms with van der Waals surface area (Å²) in [6.45, 7) is 0.743. The van der Waals surface area contributed by atoms with Crippen molar-refractivity contribution in [1.29, 1.82) is 0 Å². The number of hydrogen-bond acceptors (Lipinski definition) is 2. The molecular weight excluding hydrogens is 166 g/mol. The van der Waals surface area contributed by atoms with Gasteiger partial charge in [0.15, 0.2) is 0 Å². The zero-order chi connectivity index (χ0) is 9.42. The van der Waals surface area contributed by atoms with Gasteiger partial charge in [-0.3, -0.25) is 4.79 Å². The maximum absolute atomic E-state index is 10.8. The molecule has 0 radical (unpaired) electrons. The van der Waals surface area contributed by atoms with Crippen molar-refractivity contribution in [2.45, 2.75) is 31.7 Å². The van der Waals surface area contributed by atoms with Gasteiger partial charge in [-0.1, -0.05) is 12.8 Å². The van der Waals surface area contributed by atoms with E-state index in [1.165, 1.54) is 19.3 Å². The first-order valence-corrected chi connectivity index (χ1v) is 5.10. The number of hydrogen-bond donors (Lipinski definition) is 1. The van der Waals surface area contributed by atoms with Crippen molar-refractivity contribution in [3.8, 4) is 0 Å². The van der Waals surface area contributed by atoms with Gasteiger partial charge in [0.25, 0.3) is 0 Å². The highest BCUT2D eigenvalue weighted by Gasteiger charge is 2.36. The molecular formula is C10H17NO2. The van der Waals surface area contributed by atoms with Gasteiger partial charge < -0.3 is 10.0 Å². The number of rotatable bonds is 3. The van der Waals surface area contributed by atoms with E-state index in [2.05, 4.69) is 11.9 Å². The Morgan fingerprint density at radius 1 is 1.54 bits per heavy atom. The summed E-state index contributed by atoms with van der Waals surface area (Å²) < 4.78 is 0. The number of aliphatic carboxylic acids is 1. The lowest BCUT2D eigenvalue weighted by molar-refractivity contribution is -0.141. The minimum absolute atomic E-state index is 0.117. The zero-order valence-corrected chi connectivity index (χ0v) is 8.07. The third-order valence-corrected chi connectivity index (χ3v) is 3.34. The lowest BCUT2D eigenvalue weighted by atomic mass is 10.0. The highest BCUT2D eigenvalue weighted by Crippen LogP contribution is 2.37. The van der Waals surface area contributed by atoms with Crippen LogP contribution in [0.25, 0.3) is 0 Å². The van der Waals surface area contributed by atoms with Crippen LogP contribution in [0.15, 0.2) is 0 Å². The van der Waals surface area contributed by atoms with E-state index in [0.29, 0.717) is 6.04 Å². The van der Waals surface area contributed by atoms with E-state index < -0.39 is 5.97 Å². The van der Waals surface area contributed by atoms with E-state index in [0.717, 1.165) is 18.9 Å². The van der Waals surface area contributed by atoms with Crippen molar-refractivity contribution in [3.05, 3.63) is 0 Å². The van der Waals surface area contributed by atoms with Gasteiger partial charge in [0, 0.05) is 12.6 Å². The predicted octanol–water partition coefficient (Wildman–Crippen LogP) is 1.19. The molecule has 74 valence electrons. The maximum atomic E-state index is 10.8. The molecule has 3 heteroatoms. The Bertz CT molecular complexity index is 213. The summed E-state index contributed by atoms with van der Waals surface area (Å²) in [5.74, 6) is 0.166. The molecule has 0 amide bonds. The minimum atomic E-state index is -0.620. The number of carbonyl (C=O) groups is 1. The molecule has 0 aromatic carbocycles. The first-order chi connectivity index (χ1) is 6.16. The molecule has 1 aliphatic heterocycles. The SMILES string of the molecule is CN1CC(C(=O)O)CC1CC1CC1. The molecule has 2 rings (SSSR count). The Balaban J connectivity index is 1.86. The van der Waals surface area contributed by atoms with E-state index in [1.54, 1.807) is 0 Å². The Labute approximate surface area is 78.7 Å². The highest BCUT2D eigenvalue weighted by atomic mass is 16.4. The number of carboxylic acids is 1. The van der Waals surface area contributed by atoms with Gasteiger partial charge in [0.2, 0.25) is 0 Å². The Kier molecular flexibility index (Phi) is 2.28. The lowest BCUT2D eigenvalue weighted by Crippen LogP contribution is -2.25. The molecule has 13 heavy (non-hydrogen) atoms. The number of nitrogens with zero attached hydrogens (tertiary/aromatic N) is 1. The van der Waals surface area contributed by atoms with E-state index in [4.69, 9.17) is 5.11 Å². The molecule has 1 heterocycles. The van der Waals surface area contributed by atoms with Crippen LogP contribution in [-0.2, 0) is 4.79 Å². The summed E-state index contributed by atoms with van der Waals surface area (Å²) in [5.41, 5.74) is 0. The molecule has 0 bridgehead atoms. The van der Waals surface area contributed by atoms with Crippen LogP contribution in [0.3, 0.4) is 0 Å². The number of likely N-dealkylation sites (tertiary alicyclic amines) is 1. The fourth-order valence-electron chi connectivity index (χ4n) is 2.27. The first kappa shape index (κ1) is 9.00. The average Bonchev–Trinajstić information content (AvgIpc) is 2.78. The van der Waals surface area contributed by atoms with Gasteiger partial charge in [-0.25, -0.2) is 0 Å². The molecule has 1 aliphatic carbocycles. The van der Waals surface area contributed by atoms with Crippen LogP contribution in [0.1, 0.15) is 25.7 Å². The summed E-state index contributed by atoms with van der Waals surface area (Å²) in [6, 6.07) is 0.536. The highest BCUT2D eigenvalue weighted by molar-refractivity contribution is 5.70. The third kappa shape index (κ3) is 2.02. The molecule has 0 spiro atoms. The van der Waals surface area contributed by atoms with E-state index in [1.807, 2.05) is 0 Å². The first-order valence-electron chi connectivity index (χ1n) is 5.10. The standard InChI is InChI=1S/C10H17NO2/c1-11-6-8(10(12)13)5-9(11)4-7-2-3-7/h7-9H,2-6H2,1H3,(H,12,13). The summed E-state index contributed by atoms with van der Waals surface area (Å²) in [5, 5.41) is 8.87. The van der Waals surface area contributed by atoms with Crippen LogP contribution < -0.4 is 0 Å². The monoisotopic (exact) mass is 183 g/mol. The van der Waals surface area contributed by atoms with Crippen molar-refractivity contribution in [2.75, 3.05) is 13.6 Å². The topological polar surface area (TPSA) is 40.5 Å². The van der Waals surface area contributed by atoms with E-state index >= 15 is 0 Å². The third-order valence-electron chi connectivity index (χ3n) is 3.34. The summed E-state index contributed by atoms with van der Waals surface area (Å²) in [4.78, 5) is 13.0. The number of carboxylic acid groups (broad SMARTS) is 1. The van der Waals surface area contributed by atoms with Crippen molar-refractivity contribution in [1.82, 2.24) is 4.90 Å². The normalized spacial score (nSPS) is 35.2. The van der Waals surface area contributed by atoms with Crippen LogP contribution in [0, 0.1) is 11.8 Å².